The van der Waals surface area contributed by atoms with Gasteiger partial charge in [-0.1, -0.05) is 11.6 Å². The average molecular weight is 291 g/mol. The van der Waals surface area contributed by atoms with Crippen LogP contribution in [0.4, 0.5) is 17.5 Å². The van der Waals surface area contributed by atoms with E-state index in [9.17, 15) is 10.1 Å². The third-order valence-corrected chi connectivity index (χ3v) is 2.65. The lowest BCUT2D eigenvalue weighted by molar-refractivity contribution is -0.384. The van der Waals surface area contributed by atoms with Crippen LogP contribution >= 0.6 is 11.6 Å². The molecular formula is C11H7ClN6O2. The van der Waals surface area contributed by atoms with E-state index in [0.717, 1.165) is 0 Å². The van der Waals surface area contributed by atoms with Crippen molar-refractivity contribution < 1.29 is 4.92 Å². The van der Waals surface area contributed by atoms with Gasteiger partial charge in [-0.05, 0) is 6.07 Å². The first-order valence-electron chi connectivity index (χ1n) is 5.21. The van der Waals surface area contributed by atoms with Gasteiger partial charge >= 0.3 is 0 Å². The molecule has 100 valence electrons. The first-order valence-corrected chi connectivity index (χ1v) is 5.58. The molecule has 1 aromatic heterocycles. The number of nitriles is 1. The summed E-state index contributed by atoms with van der Waals surface area (Å²) in [5.41, 5.74) is 11.2. The molecule has 0 aliphatic carbocycles. The van der Waals surface area contributed by atoms with Crippen LogP contribution in [0.1, 0.15) is 5.56 Å². The van der Waals surface area contributed by atoms with E-state index < -0.39 is 4.92 Å². The van der Waals surface area contributed by atoms with Crippen LogP contribution in [0.25, 0.3) is 11.3 Å². The van der Waals surface area contributed by atoms with Crippen molar-refractivity contribution >= 4 is 29.1 Å². The van der Waals surface area contributed by atoms with E-state index >= 15 is 0 Å². The Morgan fingerprint density at radius 2 is 2.00 bits per heavy atom. The van der Waals surface area contributed by atoms with Gasteiger partial charge in [-0.15, -0.1) is 0 Å². The van der Waals surface area contributed by atoms with E-state index in [2.05, 4.69) is 9.97 Å². The summed E-state index contributed by atoms with van der Waals surface area (Å²) in [5, 5.41) is 20.0. The highest BCUT2D eigenvalue weighted by atomic mass is 35.5. The summed E-state index contributed by atoms with van der Waals surface area (Å²) in [7, 11) is 0. The molecule has 8 nitrogen and oxygen atoms in total. The minimum Gasteiger partial charge on any atom is -0.382 e. The lowest BCUT2D eigenvalue weighted by atomic mass is 10.1. The van der Waals surface area contributed by atoms with Gasteiger partial charge in [0.25, 0.3) is 5.69 Å². The molecule has 0 unspecified atom stereocenters. The van der Waals surface area contributed by atoms with Gasteiger partial charge in [0, 0.05) is 22.7 Å². The number of non-ortho nitro benzene ring substituents is 1. The predicted molar refractivity (Wildman–Crippen MR) is 72.7 cm³/mol. The monoisotopic (exact) mass is 290 g/mol. The van der Waals surface area contributed by atoms with Gasteiger partial charge < -0.3 is 11.5 Å². The van der Waals surface area contributed by atoms with Crippen LogP contribution in [0.15, 0.2) is 18.2 Å². The number of rotatable bonds is 2. The number of benzene rings is 1. The number of halogens is 1. The summed E-state index contributed by atoms with van der Waals surface area (Å²) in [6.07, 6.45) is 0. The maximum atomic E-state index is 10.8. The van der Waals surface area contributed by atoms with Crippen LogP contribution in [0.2, 0.25) is 5.02 Å². The molecule has 1 aromatic carbocycles. The lowest BCUT2D eigenvalue weighted by Crippen LogP contribution is -2.05. The third kappa shape index (κ3) is 2.43. The maximum Gasteiger partial charge on any atom is 0.271 e. The molecule has 0 radical (unpaired) electrons. The maximum absolute atomic E-state index is 10.8. The summed E-state index contributed by atoms with van der Waals surface area (Å²) in [6.45, 7) is 0. The van der Waals surface area contributed by atoms with Gasteiger partial charge in [-0.3, -0.25) is 10.1 Å². The molecule has 2 aromatic rings. The van der Waals surface area contributed by atoms with Crippen molar-refractivity contribution in [3.63, 3.8) is 0 Å². The molecule has 0 bridgehead atoms. The number of anilines is 2. The second-order valence-electron chi connectivity index (χ2n) is 3.76. The molecule has 2 rings (SSSR count). The molecule has 0 fully saturated rings. The summed E-state index contributed by atoms with van der Waals surface area (Å²) in [4.78, 5) is 17.8. The van der Waals surface area contributed by atoms with E-state index in [4.69, 9.17) is 28.3 Å². The quantitative estimate of drug-likeness (QED) is 0.632. The van der Waals surface area contributed by atoms with Crippen molar-refractivity contribution in [1.29, 1.82) is 5.26 Å². The minimum absolute atomic E-state index is 0.0178. The first kappa shape index (κ1) is 13.5. The number of aromatic nitrogens is 2. The SMILES string of the molecule is N#Cc1c(N)nc(N)nc1-c1cc(Cl)cc([N+](=O)[O-])c1. The van der Waals surface area contributed by atoms with Crippen molar-refractivity contribution in [3.05, 3.63) is 38.9 Å². The molecule has 1 heterocycles. The standard InChI is InChI=1S/C11H7ClN6O2/c12-6-1-5(2-7(3-6)18(19)20)9-8(4-13)10(14)17-11(15)16-9/h1-3H,(H4,14,15,16,17). The van der Waals surface area contributed by atoms with Crippen LogP contribution < -0.4 is 11.5 Å². The number of nitrogen functional groups attached to an aromatic ring is 2. The van der Waals surface area contributed by atoms with Gasteiger partial charge in [0.2, 0.25) is 5.95 Å². The predicted octanol–water partition coefficient (Wildman–Crippen LogP) is 1.74. The third-order valence-electron chi connectivity index (χ3n) is 2.43. The summed E-state index contributed by atoms with van der Waals surface area (Å²) < 4.78 is 0. The Bertz CT molecular complexity index is 755. The Morgan fingerprint density at radius 3 is 2.60 bits per heavy atom. The Morgan fingerprint density at radius 1 is 1.30 bits per heavy atom. The molecule has 0 aliphatic rings. The number of nitrogens with two attached hydrogens (primary N) is 2. The highest BCUT2D eigenvalue weighted by molar-refractivity contribution is 6.31. The molecule has 20 heavy (non-hydrogen) atoms. The van der Waals surface area contributed by atoms with E-state index in [-0.39, 0.29) is 39.3 Å². The fourth-order valence-electron chi connectivity index (χ4n) is 1.63. The lowest BCUT2D eigenvalue weighted by Gasteiger charge is -2.07. The van der Waals surface area contributed by atoms with Crippen molar-refractivity contribution in [2.24, 2.45) is 0 Å². The molecule has 4 N–H and O–H groups in total. The van der Waals surface area contributed by atoms with E-state index in [1.807, 2.05) is 6.07 Å². The largest absolute Gasteiger partial charge is 0.382 e. The molecule has 0 spiro atoms. The van der Waals surface area contributed by atoms with Crippen molar-refractivity contribution in [2.75, 3.05) is 11.5 Å². The topological polar surface area (TPSA) is 145 Å². The van der Waals surface area contributed by atoms with Gasteiger partial charge in [0.1, 0.15) is 17.5 Å². The second kappa shape index (κ2) is 4.99. The number of hydrogen-bond acceptors (Lipinski definition) is 7. The summed E-state index contributed by atoms with van der Waals surface area (Å²) in [5.74, 6) is -0.239. The normalized spacial score (nSPS) is 10.0. The summed E-state index contributed by atoms with van der Waals surface area (Å²) >= 11 is 5.83. The Balaban J connectivity index is 2.75. The molecule has 0 amide bonds. The minimum atomic E-state index is -0.602. The first-order chi connectivity index (χ1) is 9.42. The smallest absolute Gasteiger partial charge is 0.271 e. The molecule has 9 heteroatoms. The van der Waals surface area contributed by atoms with Gasteiger partial charge in [-0.25, -0.2) is 4.98 Å². The van der Waals surface area contributed by atoms with Crippen LogP contribution in [0.5, 0.6) is 0 Å². The van der Waals surface area contributed by atoms with Crippen LogP contribution in [0.3, 0.4) is 0 Å². The van der Waals surface area contributed by atoms with Gasteiger partial charge in [0.15, 0.2) is 0 Å². The van der Waals surface area contributed by atoms with Crippen molar-refractivity contribution in [1.82, 2.24) is 9.97 Å². The average Bonchev–Trinajstić information content (AvgIpc) is 2.37. The number of nitro groups is 1. The Hall–Kier alpha value is -2.92. The van der Waals surface area contributed by atoms with Crippen molar-refractivity contribution in [3.8, 4) is 17.3 Å². The Labute approximate surface area is 117 Å². The van der Waals surface area contributed by atoms with Crippen molar-refractivity contribution in [2.45, 2.75) is 0 Å². The Kier molecular flexibility index (Phi) is 3.37. The second-order valence-corrected chi connectivity index (χ2v) is 4.19. The van der Waals surface area contributed by atoms with Crippen LogP contribution in [-0.2, 0) is 0 Å². The molecule has 0 atom stereocenters. The zero-order chi connectivity index (χ0) is 14.9. The molecular weight excluding hydrogens is 284 g/mol. The highest BCUT2D eigenvalue weighted by Gasteiger charge is 2.17. The summed E-state index contributed by atoms with van der Waals surface area (Å²) in [6, 6.07) is 5.68. The zero-order valence-electron chi connectivity index (χ0n) is 9.87. The van der Waals surface area contributed by atoms with Gasteiger partial charge in [-0.2, -0.15) is 10.2 Å². The van der Waals surface area contributed by atoms with E-state index in [1.165, 1.54) is 18.2 Å². The van der Waals surface area contributed by atoms with Crippen LogP contribution in [-0.4, -0.2) is 14.9 Å². The fourth-order valence-corrected chi connectivity index (χ4v) is 1.86. The zero-order valence-corrected chi connectivity index (χ0v) is 10.6. The number of hydrogen-bond donors (Lipinski definition) is 2. The van der Waals surface area contributed by atoms with Crippen LogP contribution in [0, 0.1) is 21.4 Å². The van der Waals surface area contributed by atoms with E-state index in [0.29, 0.717) is 0 Å². The van der Waals surface area contributed by atoms with Gasteiger partial charge in [0.05, 0.1) is 10.6 Å². The molecule has 0 aliphatic heterocycles. The highest BCUT2D eigenvalue weighted by Crippen LogP contribution is 2.31. The number of nitro benzene ring substituents is 1. The fraction of sp³-hybridized carbons (Fsp3) is 0. The molecule has 0 saturated heterocycles. The van der Waals surface area contributed by atoms with E-state index in [1.54, 1.807) is 0 Å². The number of nitrogens with zero attached hydrogens (tertiary/aromatic N) is 4. The molecule has 0 saturated carbocycles.